The van der Waals surface area contributed by atoms with E-state index < -0.39 is 11.9 Å². The molecule has 1 aliphatic heterocycles. The van der Waals surface area contributed by atoms with Crippen LogP contribution in [0, 0.1) is 5.41 Å². The Labute approximate surface area is 235 Å². The molecular weight excluding hydrogens is 514 g/mol. The molecule has 0 radical (unpaired) electrons. The molecule has 11 nitrogen and oxygen atoms in total. The van der Waals surface area contributed by atoms with Gasteiger partial charge in [0.05, 0.1) is 25.4 Å². The summed E-state index contributed by atoms with van der Waals surface area (Å²) >= 11 is 0. The summed E-state index contributed by atoms with van der Waals surface area (Å²) in [6.07, 6.45) is 0.374. The molecule has 0 spiro atoms. The lowest BCUT2D eigenvalue weighted by molar-refractivity contribution is -0.137. The molecule has 2 aromatic rings. The SMILES string of the molecule is CCOc1cc2c(nc1C(=O)NC)C(=N)N(CC(=O)c1cc(N(C)C)c(OCCCC(=O)O)c(C(C)(C)C)c1)C2. The molecule has 0 saturated carbocycles. The number of carboxylic acid groups (broad SMARTS) is 1. The number of ketones is 1. The van der Waals surface area contributed by atoms with Gasteiger partial charge in [0.25, 0.3) is 5.91 Å². The predicted molar refractivity (Wildman–Crippen MR) is 152 cm³/mol. The van der Waals surface area contributed by atoms with Gasteiger partial charge in [-0.25, -0.2) is 4.98 Å². The fourth-order valence-electron chi connectivity index (χ4n) is 4.45. The van der Waals surface area contributed by atoms with E-state index in [1.54, 1.807) is 17.0 Å². The maximum absolute atomic E-state index is 13.6. The van der Waals surface area contributed by atoms with Crippen molar-refractivity contribution < 1.29 is 29.0 Å². The van der Waals surface area contributed by atoms with Crippen molar-refractivity contribution in [3.05, 3.63) is 46.3 Å². The highest BCUT2D eigenvalue weighted by Gasteiger charge is 2.32. The first-order valence-electron chi connectivity index (χ1n) is 13.2. The van der Waals surface area contributed by atoms with Gasteiger partial charge in [0, 0.05) is 50.8 Å². The van der Waals surface area contributed by atoms with Gasteiger partial charge in [0.2, 0.25) is 0 Å². The Morgan fingerprint density at radius 1 is 1.18 bits per heavy atom. The average molecular weight is 554 g/mol. The molecule has 1 aliphatic rings. The number of aliphatic carboxylic acids is 1. The van der Waals surface area contributed by atoms with Crippen molar-refractivity contribution in [3.8, 4) is 11.5 Å². The van der Waals surface area contributed by atoms with Crippen LogP contribution in [0.25, 0.3) is 0 Å². The zero-order valence-corrected chi connectivity index (χ0v) is 24.3. The van der Waals surface area contributed by atoms with Gasteiger partial charge >= 0.3 is 5.97 Å². The number of hydrogen-bond acceptors (Lipinski definition) is 8. The number of carbonyl (C=O) groups excluding carboxylic acids is 2. The van der Waals surface area contributed by atoms with Crippen molar-refractivity contribution in [1.82, 2.24) is 15.2 Å². The first kappa shape index (κ1) is 30.4. The van der Waals surface area contributed by atoms with E-state index in [1.807, 2.05) is 52.8 Å². The van der Waals surface area contributed by atoms with E-state index in [1.165, 1.54) is 7.05 Å². The number of pyridine rings is 1. The molecule has 2 heterocycles. The molecule has 40 heavy (non-hydrogen) atoms. The Morgan fingerprint density at radius 2 is 1.88 bits per heavy atom. The lowest BCUT2D eigenvalue weighted by atomic mass is 9.84. The first-order chi connectivity index (χ1) is 18.8. The molecule has 3 rings (SSSR count). The van der Waals surface area contributed by atoms with Crippen molar-refractivity contribution in [2.45, 2.75) is 52.5 Å². The minimum Gasteiger partial charge on any atom is -0.491 e. The standard InChI is InChI=1S/C29H39N5O6/c1-8-39-22-14-18-15-34(27(30)24(18)32-25(22)28(38)31-5)16-21(35)17-12-19(29(2,3)4)26(20(13-17)33(6)7)40-11-9-10-23(36)37/h12-14,30H,8-11,15-16H2,1-7H3,(H,31,38)(H,36,37). The van der Waals surface area contributed by atoms with E-state index >= 15 is 0 Å². The zero-order valence-electron chi connectivity index (χ0n) is 24.3. The van der Waals surface area contributed by atoms with Crippen LogP contribution in [-0.2, 0) is 16.8 Å². The monoisotopic (exact) mass is 553 g/mol. The second-order valence-electron chi connectivity index (χ2n) is 10.8. The van der Waals surface area contributed by atoms with Crippen molar-refractivity contribution in [1.29, 1.82) is 5.41 Å². The van der Waals surface area contributed by atoms with Gasteiger partial charge in [0.1, 0.15) is 17.3 Å². The summed E-state index contributed by atoms with van der Waals surface area (Å²) in [5, 5.41) is 20.2. The largest absolute Gasteiger partial charge is 0.491 e. The zero-order chi connectivity index (χ0) is 29.8. The predicted octanol–water partition coefficient (Wildman–Crippen LogP) is 3.47. The number of nitrogens with zero attached hydrogens (tertiary/aromatic N) is 3. The van der Waals surface area contributed by atoms with Gasteiger partial charge in [-0.2, -0.15) is 0 Å². The third-order valence-electron chi connectivity index (χ3n) is 6.51. The number of anilines is 1. The van der Waals surface area contributed by atoms with E-state index in [-0.39, 0.29) is 42.3 Å². The van der Waals surface area contributed by atoms with Crippen molar-refractivity contribution in [2.75, 3.05) is 45.8 Å². The number of carboxylic acids is 1. The number of benzene rings is 1. The number of amides is 1. The van der Waals surface area contributed by atoms with Crippen LogP contribution in [0.15, 0.2) is 18.2 Å². The Kier molecular flexibility index (Phi) is 9.39. The number of rotatable bonds is 12. The second kappa shape index (κ2) is 12.4. The fraction of sp³-hybridized carbons (Fsp3) is 0.483. The third kappa shape index (κ3) is 6.70. The molecule has 0 saturated heterocycles. The first-order valence-corrected chi connectivity index (χ1v) is 13.2. The molecule has 3 N–H and O–H groups in total. The smallest absolute Gasteiger partial charge is 0.303 e. The molecule has 0 aliphatic carbocycles. The summed E-state index contributed by atoms with van der Waals surface area (Å²) in [6, 6.07) is 5.31. The second-order valence-corrected chi connectivity index (χ2v) is 10.8. The van der Waals surface area contributed by atoms with Crippen LogP contribution < -0.4 is 19.7 Å². The number of ether oxygens (including phenoxy) is 2. The van der Waals surface area contributed by atoms with Crippen LogP contribution in [0.1, 0.15) is 78.2 Å². The Balaban J connectivity index is 1.91. The number of nitrogens with one attached hydrogen (secondary N) is 2. The molecule has 1 amide bonds. The number of aromatic nitrogens is 1. The van der Waals surface area contributed by atoms with Gasteiger partial charge in [-0.1, -0.05) is 20.8 Å². The number of amidine groups is 1. The topological polar surface area (TPSA) is 145 Å². The lowest BCUT2D eigenvalue weighted by Gasteiger charge is -2.28. The van der Waals surface area contributed by atoms with E-state index in [2.05, 4.69) is 10.3 Å². The van der Waals surface area contributed by atoms with Crippen LogP contribution in [0.3, 0.4) is 0 Å². The van der Waals surface area contributed by atoms with Gasteiger partial charge in [-0.05, 0) is 37.0 Å². The maximum Gasteiger partial charge on any atom is 0.303 e. The van der Waals surface area contributed by atoms with Crippen LogP contribution >= 0.6 is 0 Å². The van der Waals surface area contributed by atoms with Crippen molar-refractivity contribution >= 4 is 29.2 Å². The van der Waals surface area contributed by atoms with Crippen LogP contribution in [0.5, 0.6) is 11.5 Å². The summed E-state index contributed by atoms with van der Waals surface area (Å²) < 4.78 is 11.7. The Hall–Kier alpha value is -4.15. The van der Waals surface area contributed by atoms with E-state index in [0.717, 1.165) is 5.56 Å². The summed E-state index contributed by atoms with van der Waals surface area (Å²) in [5.74, 6) is -0.443. The van der Waals surface area contributed by atoms with Crippen molar-refractivity contribution in [2.24, 2.45) is 0 Å². The number of fused-ring (bicyclic) bond motifs is 1. The molecule has 216 valence electrons. The lowest BCUT2D eigenvalue weighted by Crippen LogP contribution is -2.31. The Morgan fingerprint density at radius 3 is 2.45 bits per heavy atom. The minimum absolute atomic E-state index is 0.00836. The number of carbonyl (C=O) groups is 3. The highest BCUT2D eigenvalue weighted by atomic mass is 16.5. The van der Waals surface area contributed by atoms with Crippen LogP contribution in [-0.4, -0.2) is 79.4 Å². The number of Topliss-reactive ketones (excluding diaryl/α,β-unsaturated/α-hetero) is 1. The molecule has 1 aromatic heterocycles. The summed E-state index contributed by atoms with van der Waals surface area (Å²) in [4.78, 5) is 44.8. The van der Waals surface area contributed by atoms with Gasteiger partial charge in [0.15, 0.2) is 17.2 Å². The Bertz CT molecular complexity index is 1310. The van der Waals surface area contributed by atoms with E-state index in [9.17, 15) is 14.4 Å². The molecule has 0 bridgehead atoms. The van der Waals surface area contributed by atoms with E-state index in [0.29, 0.717) is 53.6 Å². The third-order valence-corrected chi connectivity index (χ3v) is 6.51. The van der Waals surface area contributed by atoms with Gasteiger partial charge in [-0.15, -0.1) is 0 Å². The maximum atomic E-state index is 13.6. The fourth-order valence-corrected chi connectivity index (χ4v) is 4.45. The van der Waals surface area contributed by atoms with Crippen LogP contribution in [0.4, 0.5) is 5.69 Å². The molecule has 1 aromatic carbocycles. The quantitative estimate of drug-likeness (QED) is 0.266. The van der Waals surface area contributed by atoms with Crippen LogP contribution in [0.2, 0.25) is 0 Å². The molecule has 0 fully saturated rings. The normalized spacial score (nSPS) is 12.7. The summed E-state index contributed by atoms with van der Waals surface area (Å²) in [5.41, 5.74) is 2.82. The van der Waals surface area contributed by atoms with Gasteiger partial charge in [-0.3, -0.25) is 19.8 Å². The van der Waals surface area contributed by atoms with E-state index in [4.69, 9.17) is 20.0 Å². The van der Waals surface area contributed by atoms with Crippen molar-refractivity contribution in [3.63, 3.8) is 0 Å². The molecule has 0 atom stereocenters. The van der Waals surface area contributed by atoms with Gasteiger partial charge < -0.3 is 29.7 Å². The molecular formula is C29H39N5O6. The summed E-state index contributed by atoms with van der Waals surface area (Å²) in [7, 11) is 5.22. The number of hydrogen-bond donors (Lipinski definition) is 3. The highest BCUT2D eigenvalue weighted by molar-refractivity contribution is 6.06. The summed E-state index contributed by atoms with van der Waals surface area (Å²) in [6.45, 7) is 8.72. The minimum atomic E-state index is -0.878. The average Bonchev–Trinajstić information content (AvgIpc) is 3.18. The molecule has 0 unspecified atom stereocenters. The molecule has 11 heteroatoms. The highest BCUT2D eigenvalue weighted by Crippen LogP contribution is 2.40.